The molecule has 150 valence electrons. The minimum Gasteiger partial charge on any atom is -0.342 e. The Labute approximate surface area is 166 Å². The normalized spacial score (nSPS) is 34.0. The highest BCUT2D eigenvalue weighted by molar-refractivity contribution is 6.00. The van der Waals surface area contributed by atoms with Crippen LogP contribution in [0.15, 0.2) is 32.9 Å². The molecule has 5 aliphatic rings. The summed E-state index contributed by atoms with van der Waals surface area (Å²) in [6.07, 6.45) is 7.20. The largest absolute Gasteiger partial charge is 0.342 e. The number of azo groups is 1. The van der Waals surface area contributed by atoms with Crippen molar-refractivity contribution in [2.75, 3.05) is 19.6 Å². The molecule has 3 aliphatic heterocycles. The molecule has 0 aromatic carbocycles. The standard InChI is InChI=1S/C22H30N4O2/c1-21(2)11-16-18(17(27)12-21)22(15-13-23-25-19(15)24-16)7-5-14(6-8-22)20(28)26-9-3-4-10-26/h14,24H,3-13H2,1-2H3. The Balaban J connectivity index is 1.45. The monoisotopic (exact) mass is 382 g/mol. The fraction of sp³-hybridized carbons (Fsp3) is 0.727. The first-order valence-electron chi connectivity index (χ1n) is 10.8. The summed E-state index contributed by atoms with van der Waals surface area (Å²) in [4.78, 5) is 28.2. The zero-order valence-corrected chi connectivity index (χ0v) is 17.0. The summed E-state index contributed by atoms with van der Waals surface area (Å²) in [5.74, 6) is 1.59. The predicted octanol–water partition coefficient (Wildman–Crippen LogP) is 3.71. The first-order chi connectivity index (χ1) is 13.4. The average Bonchev–Trinajstić information content (AvgIpc) is 3.32. The lowest BCUT2D eigenvalue weighted by Gasteiger charge is -2.48. The summed E-state index contributed by atoms with van der Waals surface area (Å²) in [5.41, 5.74) is 2.96. The Bertz CT molecular complexity index is 821. The molecule has 2 aliphatic carbocycles. The minimum absolute atomic E-state index is 0.0269. The Kier molecular flexibility index (Phi) is 4.04. The number of dihydropyridines is 1. The Morgan fingerprint density at radius 3 is 2.57 bits per heavy atom. The number of hydrogen-bond acceptors (Lipinski definition) is 5. The van der Waals surface area contributed by atoms with Crippen LogP contribution in [0, 0.1) is 16.7 Å². The summed E-state index contributed by atoms with van der Waals surface area (Å²) >= 11 is 0. The molecule has 0 bridgehead atoms. The number of ketones is 1. The number of nitrogens with zero attached hydrogens (tertiary/aromatic N) is 3. The van der Waals surface area contributed by atoms with Crippen molar-refractivity contribution in [2.45, 2.75) is 65.2 Å². The minimum atomic E-state index is -0.255. The van der Waals surface area contributed by atoms with E-state index in [1.807, 2.05) is 0 Å². The predicted molar refractivity (Wildman–Crippen MR) is 105 cm³/mol. The number of carbonyl (C=O) groups is 2. The zero-order chi connectivity index (χ0) is 19.5. The van der Waals surface area contributed by atoms with Gasteiger partial charge >= 0.3 is 0 Å². The average molecular weight is 383 g/mol. The maximum absolute atomic E-state index is 13.3. The van der Waals surface area contributed by atoms with Gasteiger partial charge in [-0.05, 0) is 50.4 Å². The van der Waals surface area contributed by atoms with Gasteiger partial charge in [0, 0.05) is 47.7 Å². The van der Waals surface area contributed by atoms with E-state index >= 15 is 0 Å². The van der Waals surface area contributed by atoms with Crippen molar-refractivity contribution in [3.63, 3.8) is 0 Å². The number of rotatable bonds is 1. The van der Waals surface area contributed by atoms with Gasteiger partial charge in [-0.15, -0.1) is 5.11 Å². The lowest BCUT2D eigenvalue weighted by atomic mass is 9.57. The van der Waals surface area contributed by atoms with E-state index in [9.17, 15) is 9.59 Å². The number of fused-ring (bicyclic) bond motifs is 2. The van der Waals surface area contributed by atoms with E-state index in [4.69, 9.17) is 0 Å². The van der Waals surface area contributed by atoms with Crippen LogP contribution in [0.1, 0.15) is 65.2 Å². The van der Waals surface area contributed by atoms with Crippen LogP contribution in [0.3, 0.4) is 0 Å². The number of nitrogens with one attached hydrogen (secondary N) is 1. The van der Waals surface area contributed by atoms with Gasteiger partial charge in [-0.2, -0.15) is 5.11 Å². The summed E-state index contributed by atoms with van der Waals surface area (Å²) in [6.45, 7) is 6.74. The molecule has 0 aromatic heterocycles. The molecule has 3 heterocycles. The van der Waals surface area contributed by atoms with Crippen molar-refractivity contribution in [1.82, 2.24) is 10.2 Å². The van der Waals surface area contributed by atoms with Crippen LogP contribution in [0.5, 0.6) is 0 Å². The molecule has 1 spiro atoms. The van der Waals surface area contributed by atoms with Crippen molar-refractivity contribution < 1.29 is 9.59 Å². The van der Waals surface area contributed by atoms with E-state index in [-0.39, 0.29) is 22.5 Å². The molecule has 6 heteroatoms. The lowest BCUT2D eigenvalue weighted by Crippen LogP contribution is -2.47. The van der Waals surface area contributed by atoms with Crippen LogP contribution in [0.2, 0.25) is 0 Å². The maximum Gasteiger partial charge on any atom is 0.225 e. The van der Waals surface area contributed by atoms with E-state index in [1.54, 1.807) is 0 Å². The van der Waals surface area contributed by atoms with Gasteiger partial charge in [0.25, 0.3) is 0 Å². The molecular weight excluding hydrogens is 352 g/mol. The quantitative estimate of drug-likeness (QED) is 0.751. The topological polar surface area (TPSA) is 74.1 Å². The fourth-order valence-corrected chi connectivity index (χ4v) is 6.17. The lowest BCUT2D eigenvalue weighted by molar-refractivity contribution is -0.136. The molecular formula is C22H30N4O2. The van der Waals surface area contributed by atoms with E-state index in [0.717, 1.165) is 75.1 Å². The molecule has 2 fully saturated rings. The first kappa shape index (κ1) is 18.1. The van der Waals surface area contributed by atoms with Gasteiger partial charge in [-0.3, -0.25) is 9.59 Å². The molecule has 1 amide bonds. The van der Waals surface area contributed by atoms with Gasteiger partial charge in [-0.25, -0.2) is 0 Å². The van der Waals surface area contributed by atoms with Gasteiger partial charge in [0.2, 0.25) is 5.91 Å². The Morgan fingerprint density at radius 2 is 1.86 bits per heavy atom. The van der Waals surface area contributed by atoms with Gasteiger partial charge in [-0.1, -0.05) is 13.8 Å². The fourth-order valence-electron chi connectivity index (χ4n) is 6.17. The number of Topliss-reactive ketones (excluding diaryl/α,β-unsaturated/α-hetero) is 1. The van der Waals surface area contributed by atoms with Gasteiger partial charge in [0.05, 0.1) is 6.54 Å². The molecule has 1 N–H and O–H groups in total. The van der Waals surface area contributed by atoms with Crippen LogP contribution < -0.4 is 5.32 Å². The highest BCUT2D eigenvalue weighted by Crippen LogP contribution is 2.57. The molecule has 0 unspecified atom stereocenters. The molecule has 0 aromatic rings. The highest BCUT2D eigenvalue weighted by Gasteiger charge is 2.53. The third kappa shape index (κ3) is 2.67. The SMILES string of the molecule is CC1(C)CC(=O)C2=C(C1)NC1=C(CN=N1)C21CCC(C(=O)N2CCCC2)CC1. The molecule has 0 radical (unpaired) electrons. The highest BCUT2D eigenvalue weighted by atomic mass is 16.2. The number of hydrogen-bond donors (Lipinski definition) is 1. The second kappa shape index (κ2) is 6.26. The van der Waals surface area contributed by atoms with Gasteiger partial charge in [0.1, 0.15) is 0 Å². The van der Waals surface area contributed by atoms with Crippen LogP contribution in [0.25, 0.3) is 0 Å². The van der Waals surface area contributed by atoms with E-state index in [2.05, 4.69) is 34.3 Å². The van der Waals surface area contributed by atoms with Gasteiger partial charge in [0.15, 0.2) is 11.6 Å². The van der Waals surface area contributed by atoms with E-state index < -0.39 is 0 Å². The smallest absolute Gasteiger partial charge is 0.225 e. The van der Waals surface area contributed by atoms with Crippen LogP contribution in [0.4, 0.5) is 0 Å². The summed E-state index contributed by atoms with van der Waals surface area (Å²) in [6, 6.07) is 0. The number of likely N-dealkylation sites (tertiary alicyclic amines) is 1. The third-order valence-electron chi connectivity index (χ3n) is 7.49. The van der Waals surface area contributed by atoms with E-state index in [1.165, 1.54) is 5.57 Å². The Hall–Kier alpha value is -1.98. The summed E-state index contributed by atoms with van der Waals surface area (Å²) in [5, 5.41) is 12.1. The molecule has 1 saturated heterocycles. The van der Waals surface area contributed by atoms with Gasteiger partial charge < -0.3 is 10.2 Å². The van der Waals surface area contributed by atoms with Crippen LogP contribution >= 0.6 is 0 Å². The van der Waals surface area contributed by atoms with E-state index in [0.29, 0.717) is 18.9 Å². The second-order valence-corrected chi connectivity index (χ2v) is 10.0. The van der Waals surface area contributed by atoms with Crippen molar-refractivity contribution in [1.29, 1.82) is 0 Å². The summed E-state index contributed by atoms with van der Waals surface area (Å²) < 4.78 is 0. The molecule has 5 rings (SSSR count). The Morgan fingerprint density at radius 1 is 1.14 bits per heavy atom. The van der Waals surface area contributed by atoms with Crippen LogP contribution in [-0.2, 0) is 9.59 Å². The number of amides is 1. The second-order valence-electron chi connectivity index (χ2n) is 10.0. The van der Waals surface area contributed by atoms with Crippen LogP contribution in [-0.4, -0.2) is 36.2 Å². The van der Waals surface area contributed by atoms with Crippen molar-refractivity contribution in [3.05, 3.63) is 22.7 Å². The van der Waals surface area contributed by atoms with Crippen molar-refractivity contribution in [2.24, 2.45) is 27.0 Å². The molecule has 28 heavy (non-hydrogen) atoms. The molecule has 1 saturated carbocycles. The van der Waals surface area contributed by atoms with Crippen molar-refractivity contribution >= 4 is 11.7 Å². The number of carbonyl (C=O) groups excluding carboxylic acids is 2. The maximum atomic E-state index is 13.3. The number of allylic oxidation sites excluding steroid dienone is 2. The summed E-state index contributed by atoms with van der Waals surface area (Å²) in [7, 11) is 0. The zero-order valence-electron chi connectivity index (χ0n) is 17.0. The first-order valence-corrected chi connectivity index (χ1v) is 10.8. The van der Waals surface area contributed by atoms with Crippen molar-refractivity contribution in [3.8, 4) is 0 Å². The third-order valence-corrected chi connectivity index (χ3v) is 7.49. The molecule has 6 nitrogen and oxygen atoms in total. The molecule has 0 atom stereocenters.